The van der Waals surface area contributed by atoms with Gasteiger partial charge in [-0.3, -0.25) is 4.79 Å². The van der Waals surface area contributed by atoms with Crippen LogP contribution in [0.5, 0.6) is 11.5 Å². The molecule has 0 aromatic heterocycles. The SMILES string of the molecule is COc1cc(C(=O)N[C@@H](CCO)C(=O)O)cc(OC)c1C. The van der Waals surface area contributed by atoms with Crippen LogP contribution in [0.1, 0.15) is 22.3 Å². The smallest absolute Gasteiger partial charge is 0.326 e. The van der Waals surface area contributed by atoms with Crippen molar-refractivity contribution in [3.05, 3.63) is 23.3 Å². The summed E-state index contributed by atoms with van der Waals surface area (Å²) in [5.74, 6) is -0.849. The highest BCUT2D eigenvalue weighted by atomic mass is 16.5. The molecule has 3 N–H and O–H groups in total. The number of carbonyl (C=O) groups is 2. The van der Waals surface area contributed by atoms with Gasteiger partial charge < -0.3 is 25.0 Å². The summed E-state index contributed by atoms with van der Waals surface area (Å²) in [5.41, 5.74) is 0.959. The third-order valence-corrected chi connectivity index (χ3v) is 3.04. The predicted octanol–water partition coefficient (Wildman–Crippen LogP) is 0.578. The van der Waals surface area contributed by atoms with Crippen molar-refractivity contribution in [2.24, 2.45) is 0 Å². The molecule has 1 amide bonds. The Hall–Kier alpha value is -2.28. The van der Waals surface area contributed by atoms with Crippen LogP contribution >= 0.6 is 0 Å². The van der Waals surface area contributed by atoms with Crippen LogP contribution < -0.4 is 14.8 Å². The molecule has 0 fully saturated rings. The summed E-state index contributed by atoms with van der Waals surface area (Å²) >= 11 is 0. The zero-order valence-electron chi connectivity index (χ0n) is 12.2. The summed E-state index contributed by atoms with van der Waals surface area (Å²) in [7, 11) is 2.94. The quantitative estimate of drug-likeness (QED) is 0.680. The van der Waals surface area contributed by atoms with Gasteiger partial charge in [0.1, 0.15) is 17.5 Å². The molecule has 7 nitrogen and oxygen atoms in total. The summed E-state index contributed by atoms with van der Waals surface area (Å²) in [6, 6.07) is 1.86. The van der Waals surface area contributed by atoms with Gasteiger partial charge in [0.15, 0.2) is 0 Å². The van der Waals surface area contributed by atoms with Crippen LogP contribution in [0.15, 0.2) is 12.1 Å². The van der Waals surface area contributed by atoms with Crippen LogP contribution in [-0.2, 0) is 4.79 Å². The first kappa shape index (κ1) is 16.8. The maximum Gasteiger partial charge on any atom is 0.326 e. The Balaban J connectivity index is 3.04. The minimum absolute atomic E-state index is 0.0682. The van der Waals surface area contributed by atoms with E-state index in [9.17, 15) is 9.59 Å². The number of ether oxygens (including phenoxy) is 2. The molecular weight excluding hydrogens is 278 g/mol. The van der Waals surface area contributed by atoms with Crippen molar-refractivity contribution in [1.82, 2.24) is 5.32 Å². The van der Waals surface area contributed by atoms with E-state index in [2.05, 4.69) is 5.32 Å². The molecule has 0 saturated carbocycles. The lowest BCUT2D eigenvalue weighted by Crippen LogP contribution is -2.41. The summed E-state index contributed by atoms with van der Waals surface area (Å²) in [6.45, 7) is 1.45. The number of aliphatic hydroxyl groups excluding tert-OH is 1. The summed E-state index contributed by atoms with van der Waals surface area (Å²) in [5, 5.41) is 20.1. The Morgan fingerprint density at radius 1 is 1.24 bits per heavy atom. The van der Waals surface area contributed by atoms with Crippen LogP contribution in [0.25, 0.3) is 0 Å². The van der Waals surface area contributed by atoms with Crippen LogP contribution in [0.2, 0.25) is 0 Å². The maximum atomic E-state index is 12.1. The van der Waals surface area contributed by atoms with E-state index in [0.29, 0.717) is 11.5 Å². The van der Waals surface area contributed by atoms with Gasteiger partial charge >= 0.3 is 5.97 Å². The van der Waals surface area contributed by atoms with Gasteiger partial charge in [-0.15, -0.1) is 0 Å². The van der Waals surface area contributed by atoms with E-state index in [-0.39, 0.29) is 18.6 Å². The highest BCUT2D eigenvalue weighted by molar-refractivity contribution is 5.97. The number of methoxy groups -OCH3 is 2. The number of carboxylic acid groups (broad SMARTS) is 1. The van der Waals surface area contributed by atoms with Crippen molar-refractivity contribution in [2.45, 2.75) is 19.4 Å². The first-order chi connectivity index (χ1) is 9.94. The molecule has 0 heterocycles. The third kappa shape index (κ3) is 4.09. The second kappa shape index (κ2) is 7.49. The second-order valence-corrected chi connectivity index (χ2v) is 4.38. The lowest BCUT2D eigenvalue weighted by molar-refractivity contribution is -0.139. The van der Waals surface area contributed by atoms with Crippen molar-refractivity contribution < 1.29 is 29.3 Å². The number of amides is 1. The van der Waals surface area contributed by atoms with Crippen LogP contribution in [0, 0.1) is 6.92 Å². The fourth-order valence-electron chi connectivity index (χ4n) is 1.85. The summed E-state index contributed by atoms with van der Waals surface area (Å²) in [6.07, 6.45) is -0.0682. The number of nitrogens with one attached hydrogen (secondary N) is 1. The van der Waals surface area contributed by atoms with Crippen molar-refractivity contribution in [3.63, 3.8) is 0 Å². The Morgan fingerprint density at radius 2 is 1.76 bits per heavy atom. The molecule has 1 aromatic rings. The molecule has 0 aliphatic carbocycles. The van der Waals surface area contributed by atoms with Crippen LogP contribution in [0.3, 0.4) is 0 Å². The van der Waals surface area contributed by atoms with Crippen molar-refractivity contribution >= 4 is 11.9 Å². The maximum absolute atomic E-state index is 12.1. The summed E-state index contributed by atoms with van der Waals surface area (Å²) in [4.78, 5) is 23.1. The molecule has 1 atom stereocenters. The van der Waals surface area contributed by atoms with Crippen molar-refractivity contribution in [2.75, 3.05) is 20.8 Å². The minimum atomic E-state index is -1.21. The normalized spacial score (nSPS) is 11.6. The van der Waals surface area contributed by atoms with Gasteiger partial charge in [0.2, 0.25) is 0 Å². The standard InChI is InChI=1S/C14H19NO6/c1-8-11(20-2)6-9(7-12(8)21-3)13(17)15-10(4-5-16)14(18)19/h6-7,10,16H,4-5H2,1-3H3,(H,15,17)(H,18,19)/t10-/m0/s1. The van der Waals surface area contributed by atoms with Gasteiger partial charge in [-0.2, -0.15) is 0 Å². The number of aliphatic carboxylic acids is 1. The molecule has 0 radical (unpaired) electrons. The Morgan fingerprint density at radius 3 is 2.14 bits per heavy atom. The van der Waals surface area contributed by atoms with Crippen LogP contribution in [-0.4, -0.2) is 49.0 Å². The van der Waals surface area contributed by atoms with Crippen molar-refractivity contribution in [3.8, 4) is 11.5 Å². The predicted molar refractivity (Wildman–Crippen MR) is 74.9 cm³/mol. The fraction of sp³-hybridized carbons (Fsp3) is 0.429. The molecule has 7 heteroatoms. The van der Waals surface area contributed by atoms with Crippen molar-refractivity contribution in [1.29, 1.82) is 0 Å². The van der Waals surface area contributed by atoms with E-state index in [0.717, 1.165) is 5.56 Å². The molecule has 21 heavy (non-hydrogen) atoms. The molecule has 0 saturated heterocycles. The van der Waals surface area contributed by atoms with E-state index in [1.807, 2.05) is 0 Å². The number of hydrogen-bond acceptors (Lipinski definition) is 5. The Bertz CT molecular complexity index is 503. The van der Waals surface area contributed by atoms with E-state index < -0.39 is 17.9 Å². The van der Waals surface area contributed by atoms with Gasteiger partial charge in [0, 0.05) is 24.2 Å². The first-order valence-corrected chi connectivity index (χ1v) is 6.31. The Labute approximate surface area is 122 Å². The largest absolute Gasteiger partial charge is 0.496 e. The fourth-order valence-corrected chi connectivity index (χ4v) is 1.85. The highest BCUT2D eigenvalue weighted by Crippen LogP contribution is 2.29. The minimum Gasteiger partial charge on any atom is -0.496 e. The lowest BCUT2D eigenvalue weighted by Gasteiger charge is -2.15. The van der Waals surface area contributed by atoms with E-state index >= 15 is 0 Å². The van der Waals surface area contributed by atoms with E-state index in [4.69, 9.17) is 19.7 Å². The molecule has 0 aliphatic heterocycles. The Kier molecular flexibility index (Phi) is 5.98. The number of benzene rings is 1. The van der Waals surface area contributed by atoms with Gasteiger partial charge in [-0.25, -0.2) is 4.79 Å². The zero-order chi connectivity index (χ0) is 16.0. The third-order valence-electron chi connectivity index (χ3n) is 3.04. The van der Waals surface area contributed by atoms with E-state index in [1.165, 1.54) is 26.4 Å². The second-order valence-electron chi connectivity index (χ2n) is 4.38. The number of rotatable bonds is 7. The van der Waals surface area contributed by atoms with Crippen LogP contribution in [0.4, 0.5) is 0 Å². The van der Waals surface area contributed by atoms with E-state index in [1.54, 1.807) is 6.92 Å². The van der Waals surface area contributed by atoms with Gasteiger partial charge in [-0.05, 0) is 19.1 Å². The molecule has 0 bridgehead atoms. The average Bonchev–Trinajstić information content (AvgIpc) is 2.46. The molecule has 0 unspecified atom stereocenters. The molecule has 1 rings (SSSR count). The van der Waals surface area contributed by atoms with Gasteiger partial charge in [0.25, 0.3) is 5.91 Å². The molecule has 0 aliphatic rings. The van der Waals surface area contributed by atoms with Gasteiger partial charge in [-0.1, -0.05) is 0 Å². The number of aliphatic hydroxyl groups is 1. The molecule has 1 aromatic carbocycles. The number of carbonyl (C=O) groups excluding carboxylic acids is 1. The molecular formula is C14H19NO6. The zero-order valence-corrected chi connectivity index (χ0v) is 12.2. The topological polar surface area (TPSA) is 105 Å². The molecule has 0 spiro atoms. The summed E-state index contributed by atoms with van der Waals surface area (Å²) < 4.78 is 10.3. The monoisotopic (exact) mass is 297 g/mol. The lowest BCUT2D eigenvalue weighted by atomic mass is 10.1. The number of hydrogen-bond donors (Lipinski definition) is 3. The number of carboxylic acids is 1. The van der Waals surface area contributed by atoms with Gasteiger partial charge in [0.05, 0.1) is 14.2 Å². The first-order valence-electron chi connectivity index (χ1n) is 6.31. The highest BCUT2D eigenvalue weighted by Gasteiger charge is 2.21. The average molecular weight is 297 g/mol. The molecule has 116 valence electrons.